The molecule has 29 heavy (non-hydrogen) atoms. The number of esters is 2. The molecule has 0 radical (unpaired) electrons. The highest BCUT2D eigenvalue weighted by atomic mass is 16.6. The third kappa shape index (κ3) is 3.10. The molecule has 0 fully saturated rings. The van der Waals surface area contributed by atoms with Crippen LogP contribution in [0.15, 0.2) is 48.5 Å². The SMILES string of the molecule is CC(C)(C)c1ccc(Oc2ccc3c4c(cccc24)C(=O)OC3=O)c([N+](=O)[O-])c1. The quantitative estimate of drug-likeness (QED) is 0.265. The molecule has 0 bridgehead atoms. The van der Waals surface area contributed by atoms with E-state index in [9.17, 15) is 19.7 Å². The molecule has 0 N–H and O–H groups in total. The van der Waals surface area contributed by atoms with E-state index in [0.29, 0.717) is 16.5 Å². The van der Waals surface area contributed by atoms with Crippen molar-refractivity contribution < 1.29 is 24.0 Å². The zero-order chi connectivity index (χ0) is 20.9. The van der Waals surface area contributed by atoms with Gasteiger partial charge in [0.25, 0.3) is 0 Å². The largest absolute Gasteiger partial charge is 0.449 e. The van der Waals surface area contributed by atoms with Crippen molar-refractivity contribution in [1.82, 2.24) is 0 Å². The number of nitrogens with zero attached hydrogens (tertiary/aromatic N) is 1. The highest BCUT2D eigenvalue weighted by molar-refractivity contribution is 6.21. The van der Waals surface area contributed by atoms with Crippen LogP contribution in [-0.4, -0.2) is 16.9 Å². The van der Waals surface area contributed by atoms with E-state index in [2.05, 4.69) is 0 Å². The minimum absolute atomic E-state index is 0.0772. The Labute approximate surface area is 166 Å². The van der Waals surface area contributed by atoms with Crippen molar-refractivity contribution in [2.75, 3.05) is 0 Å². The van der Waals surface area contributed by atoms with Crippen LogP contribution in [0.3, 0.4) is 0 Å². The number of nitro benzene ring substituents is 1. The molecule has 7 nitrogen and oxygen atoms in total. The zero-order valence-electron chi connectivity index (χ0n) is 16.0. The van der Waals surface area contributed by atoms with Crippen LogP contribution in [-0.2, 0) is 10.2 Å². The Morgan fingerprint density at radius 3 is 2.24 bits per heavy atom. The first-order valence-corrected chi connectivity index (χ1v) is 8.96. The van der Waals surface area contributed by atoms with Crippen LogP contribution < -0.4 is 4.74 Å². The van der Waals surface area contributed by atoms with Gasteiger partial charge in [0.1, 0.15) is 5.75 Å². The van der Waals surface area contributed by atoms with Gasteiger partial charge < -0.3 is 9.47 Å². The van der Waals surface area contributed by atoms with Gasteiger partial charge in [-0.3, -0.25) is 10.1 Å². The standard InChI is InChI=1S/C22H17NO6/c1-22(2,3)12-7-9-18(16(11-12)23(26)27)28-17-10-8-15-19-13(17)5-4-6-14(19)20(24)29-21(15)25/h4-11H,1-3H3. The van der Waals surface area contributed by atoms with Crippen molar-refractivity contribution in [3.05, 3.63) is 75.3 Å². The molecule has 1 aliphatic heterocycles. The Kier molecular flexibility index (Phi) is 4.11. The first kappa shape index (κ1) is 18.6. The van der Waals surface area contributed by atoms with Gasteiger partial charge in [-0.2, -0.15) is 0 Å². The van der Waals surface area contributed by atoms with Crippen molar-refractivity contribution >= 4 is 28.4 Å². The van der Waals surface area contributed by atoms with Gasteiger partial charge in [0, 0.05) is 16.8 Å². The summed E-state index contributed by atoms with van der Waals surface area (Å²) < 4.78 is 10.6. The molecule has 0 aromatic heterocycles. The lowest BCUT2D eigenvalue weighted by Gasteiger charge is -2.20. The van der Waals surface area contributed by atoms with Crippen molar-refractivity contribution in [2.45, 2.75) is 26.2 Å². The van der Waals surface area contributed by atoms with Gasteiger partial charge >= 0.3 is 17.6 Å². The number of carbonyl (C=O) groups excluding carboxylic acids is 2. The third-order valence-corrected chi connectivity index (χ3v) is 4.87. The van der Waals surface area contributed by atoms with Crippen molar-refractivity contribution in [3.63, 3.8) is 0 Å². The summed E-state index contributed by atoms with van der Waals surface area (Å²) in [5.41, 5.74) is 0.889. The number of benzene rings is 3. The molecule has 0 amide bonds. The van der Waals surface area contributed by atoms with Gasteiger partial charge in [-0.25, -0.2) is 9.59 Å². The van der Waals surface area contributed by atoms with Crippen LogP contribution in [0.2, 0.25) is 0 Å². The van der Waals surface area contributed by atoms with E-state index < -0.39 is 16.9 Å². The molecule has 0 unspecified atom stereocenters. The molecule has 1 heterocycles. The Balaban J connectivity index is 1.87. The van der Waals surface area contributed by atoms with E-state index in [-0.39, 0.29) is 28.0 Å². The van der Waals surface area contributed by atoms with Crippen molar-refractivity contribution in [1.29, 1.82) is 0 Å². The third-order valence-electron chi connectivity index (χ3n) is 4.87. The highest BCUT2D eigenvalue weighted by Crippen LogP contribution is 2.40. The zero-order valence-corrected chi connectivity index (χ0v) is 16.0. The van der Waals surface area contributed by atoms with E-state index in [1.165, 1.54) is 12.1 Å². The normalized spacial score (nSPS) is 13.3. The van der Waals surface area contributed by atoms with Crippen LogP contribution in [0.4, 0.5) is 5.69 Å². The summed E-state index contributed by atoms with van der Waals surface area (Å²) in [6.07, 6.45) is 0. The van der Waals surface area contributed by atoms with Crippen LogP contribution in [0.25, 0.3) is 10.8 Å². The summed E-state index contributed by atoms with van der Waals surface area (Å²) in [5.74, 6) is -1.08. The predicted octanol–water partition coefficient (Wildman–Crippen LogP) is 5.15. The summed E-state index contributed by atoms with van der Waals surface area (Å²) in [5, 5.41) is 12.5. The second-order valence-electron chi connectivity index (χ2n) is 7.81. The summed E-state index contributed by atoms with van der Waals surface area (Å²) in [7, 11) is 0. The van der Waals surface area contributed by atoms with Gasteiger partial charge in [-0.05, 0) is 35.2 Å². The number of cyclic esters (lactones) is 2. The molecule has 0 saturated carbocycles. The fourth-order valence-electron chi connectivity index (χ4n) is 3.33. The predicted molar refractivity (Wildman–Crippen MR) is 106 cm³/mol. The van der Waals surface area contributed by atoms with Crippen LogP contribution in [0.1, 0.15) is 47.1 Å². The lowest BCUT2D eigenvalue weighted by Crippen LogP contribution is -2.19. The Bertz CT molecular complexity index is 1190. The second kappa shape index (κ2) is 6.41. The average Bonchev–Trinajstić information content (AvgIpc) is 2.66. The summed E-state index contributed by atoms with van der Waals surface area (Å²) in [6, 6.07) is 12.8. The smallest absolute Gasteiger partial charge is 0.346 e. The number of rotatable bonds is 3. The Hall–Kier alpha value is -3.74. The molecule has 146 valence electrons. The molecular weight excluding hydrogens is 374 g/mol. The fourth-order valence-corrected chi connectivity index (χ4v) is 3.33. The van der Waals surface area contributed by atoms with Gasteiger partial charge in [0.15, 0.2) is 0 Å². The molecule has 0 atom stereocenters. The summed E-state index contributed by atoms with van der Waals surface area (Å²) in [6.45, 7) is 5.90. The van der Waals surface area contributed by atoms with Gasteiger partial charge in [0.2, 0.25) is 5.75 Å². The molecular formula is C22H17NO6. The molecule has 3 aromatic carbocycles. The van der Waals surface area contributed by atoms with Crippen molar-refractivity contribution in [2.24, 2.45) is 0 Å². The van der Waals surface area contributed by atoms with Gasteiger partial charge in [-0.15, -0.1) is 0 Å². The fraction of sp³-hybridized carbons (Fsp3) is 0.182. The van der Waals surface area contributed by atoms with Crippen LogP contribution >= 0.6 is 0 Å². The lowest BCUT2D eigenvalue weighted by molar-refractivity contribution is -0.385. The maximum absolute atomic E-state index is 12.1. The molecule has 0 spiro atoms. The maximum atomic E-state index is 12.1. The first-order chi connectivity index (χ1) is 13.7. The summed E-state index contributed by atoms with van der Waals surface area (Å²) >= 11 is 0. The number of nitro groups is 1. The lowest BCUT2D eigenvalue weighted by atomic mass is 9.87. The second-order valence-corrected chi connectivity index (χ2v) is 7.81. The number of hydrogen-bond acceptors (Lipinski definition) is 6. The molecule has 0 aliphatic carbocycles. The molecule has 0 saturated heterocycles. The molecule has 1 aliphatic rings. The van der Waals surface area contributed by atoms with E-state index in [1.54, 1.807) is 36.4 Å². The van der Waals surface area contributed by atoms with Gasteiger partial charge in [0.05, 0.1) is 16.1 Å². The average molecular weight is 391 g/mol. The van der Waals surface area contributed by atoms with E-state index in [4.69, 9.17) is 9.47 Å². The summed E-state index contributed by atoms with van der Waals surface area (Å²) in [4.78, 5) is 35.2. The monoisotopic (exact) mass is 391 g/mol. The topological polar surface area (TPSA) is 95.7 Å². The highest BCUT2D eigenvalue weighted by Gasteiger charge is 2.29. The maximum Gasteiger partial charge on any atom is 0.346 e. The Morgan fingerprint density at radius 2 is 1.59 bits per heavy atom. The van der Waals surface area contributed by atoms with E-state index >= 15 is 0 Å². The molecule has 4 rings (SSSR count). The van der Waals surface area contributed by atoms with Gasteiger partial charge in [-0.1, -0.05) is 39.0 Å². The van der Waals surface area contributed by atoms with Crippen LogP contribution in [0, 0.1) is 10.1 Å². The first-order valence-electron chi connectivity index (χ1n) is 8.96. The minimum Gasteiger partial charge on any atom is -0.449 e. The number of hydrogen-bond donors (Lipinski definition) is 0. The number of ether oxygens (including phenoxy) is 2. The van der Waals surface area contributed by atoms with E-state index in [1.807, 2.05) is 20.8 Å². The molecule has 7 heteroatoms. The van der Waals surface area contributed by atoms with Crippen molar-refractivity contribution in [3.8, 4) is 11.5 Å². The number of carbonyl (C=O) groups is 2. The minimum atomic E-state index is -0.731. The molecule has 3 aromatic rings. The van der Waals surface area contributed by atoms with Crippen LogP contribution in [0.5, 0.6) is 11.5 Å². The van der Waals surface area contributed by atoms with E-state index in [0.717, 1.165) is 5.56 Å². The Morgan fingerprint density at radius 1 is 0.931 bits per heavy atom.